The molecule has 8 heteroatoms. The van der Waals surface area contributed by atoms with Crippen LogP contribution >= 0.6 is 19.0 Å². The van der Waals surface area contributed by atoms with Gasteiger partial charge in [-0.25, -0.2) is 0 Å². The van der Waals surface area contributed by atoms with Gasteiger partial charge in [0.2, 0.25) is 0 Å². The molecule has 0 saturated heterocycles. The minimum Gasteiger partial charge on any atom is -0.147 e. The summed E-state index contributed by atoms with van der Waals surface area (Å²) < 4.78 is 22.7. The molecule has 0 aliphatic carbocycles. The second kappa shape index (κ2) is 12.8. The maximum absolute atomic E-state index is 5.75. The average molecular weight is 639 g/mol. The standard InChI is InChI=1S/C37H35N2O4P.ClH/c1-40-32-22-21-26(23-33(32)41-2)36-30-24-34(42-3)35(43-4)25-31(30)38-37(39-36)44(5,27-15-9-6-10-16-27,28-17-11-7-12-18-28)29-19-13-8-14-20-29;/h6-25H,1-5H3;1H. The Morgan fingerprint density at radius 2 is 0.933 bits per heavy atom. The summed E-state index contributed by atoms with van der Waals surface area (Å²) in [5, 5.41) is 4.31. The number of benzene rings is 5. The van der Waals surface area contributed by atoms with Crippen LogP contribution in [0.15, 0.2) is 121 Å². The molecule has 0 N–H and O–H groups in total. The summed E-state index contributed by atoms with van der Waals surface area (Å²) in [6.45, 7) is -1.20. The van der Waals surface area contributed by atoms with Crippen LogP contribution < -0.4 is 40.4 Å². The van der Waals surface area contributed by atoms with Gasteiger partial charge in [-0.15, -0.1) is 12.4 Å². The van der Waals surface area contributed by atoms with Crippen LogP contribution in [-0.2, 0) is 0 Å². The minimum absolute atomic E-state index is 0. The summed E-state index contributed by atoms with van der Waals surface area (Å²) in [5.41, 5.74) is 3.11. The van der Waals surface area contributed by atoms with Gasteiger partial charge in [-0.1, -0.05) is 0 Å². The summed E-state index contributed by atoms with van der Waals surface area (Å²) in [7, 11) is 6.54. The Morgan fingerprint density at radius 1 is 0.489 bits per heavy atom. The molecule has 0 fully saturated rings. The molecular weight excluding hydrogens is 603 g/mol. The number of aromatic nitrogens is 2. The third kappa shape index (κ3) is 5.04. The van der Waals surface area contributed by atoms with E-state index in [-0.39, 0.29) is 12.4 Å². The Labute approximate surface area is 270 Å². The van der Waals surface area contributed by atoms with E-state index in [0.29, 0.717) is 23.0 Å². The van der Waals surface area contributed by atoms with Crippen LogP contribution in [0.25, 0.3) is 22.2 Å². The van der Waals surface area contributed by atoms with Gasteiger partial charge in [0.25, 0.3) is 0 Å². The molecule has 0 atom stereocenters. The fourth-order valence-corrected chi connectivity index (χ4v) is 11.1. The average Bonchev–Trinajstić information content (AvgIpc) is 3.11. The minimum atomic E-state index is -3.56. The van der Waals surface area contributed by atoms with Crippen molar-refractivity contribution in [3.63, 3.8) is 0 Å². The van der Waals surface area contributed by atoms with Crippen molar-refractivity contribution in [3.8, 4) is 34.3 Å². The van der Waals surface area contributed by atoms with E-state index in [1.807, 2.05) is 48.5 Å². The first-order valence-electron chi connectivity index (χ1n) is 14.3. The van der Waals surface area contributed by atoms with Crippen molar-refractivity contribution in [1.29, 1.82) is 0 Å². The molecule has 45 heavy (non-hydrogen) atoms. The number of fused-ring (bicyclic) bond motifs is 1. The van der Waals surface area contributed by atoms with Gasteiger partial charge in [0.05, 0.1) is 0 Å². The Morgan fingerprint density at radius 3 is 1.40 bits per heavy atom. The number of rotatable bonds is 9. The predicted octanol–water partition coefficient (Wildman–Crippen LogP) is 6.54. The van der Waals surface area contributed by atoms with E-state index in [2.05, 4.69) is 79.5 Å². The number of nitrogens with zero attached hydrogens (tertiary/aromatic N) is 2. The normalized spacial score (nSPS) is 12.0. The molecule has 1 aromatic heterocycles. The number of methoxy groups -OCH3 is 4. The summed E-state index contributed by atoms with van der Waals surface area (Å²) >= 11 is 0. The largest absolute Gasteiger partial charge is 0.147 e. The van der Waals surface area contributed by atoms with Gasteiger partial charge in [0.15, 0.2) is 0 Å². The predicted molar refractivity (Wildman–Crippen MR) is 189 cm³/mol. The first kappa shape index (κ1) is 31.8. The zero-order valence-corrected chi connectivity index (χ0v) is 27.6. The molecule has 6 nitrogen and oxygen atoms in total. The van der Waals surface area contributed by atoms with Gasteiger partial charge >= 0.3 is 259 Å². The number of hydrogen-bond donors (Lipinski definition) is 0. The monoisotopic (exact) mass is 638 g/mol. The number of halogens is 1. The molecule has 0 bridgehead atoms. The van der Waals surface area contributed by atoms with Crippen molar-refractivity contribution in [2.75, 3.05) is 35.1 Å². The molecule has 0 amide bonds. The van der Waals surface area contributed by atoms with E-state index in [1.165, 1.54) is 0 Å². The fourth-order valence-electron chi connectivity index (χ4n) is 6.09. The molecule has 1 heterocycles. The summed E-state index contributed by atoms with van der Waals surface area (Å²) in [4.78, 5) is 11.0. The van der Waals surface area contributed by atoms with E-state index in [9.17, 15) is 0 Å². The zero-order valence-electron chi connectivity index (χ0n) is 25.9. The van der Waals surface area contributed by atoms with Crippen LogP contribution in [0.3, 0.4) is 0 Å². The van der Waals surface area contributed by atoms with Gasteiger partial charge < -0.3 is 0 Å². The maximum Gasteiger partial charge on any atom is -0.147 e. The quantitative estimate of drug-likeness (QED) is 0.168. The van der Waals surface area contributed by atoms with Crippen molar-refractivity contribution >= 4 is 51.4 Å². The SMILES string of the molecule is COc1ccc(-c2nc(P(C)(c3ccccc3)(c3ccccc3)c3ccccc3)nc3cc(OC)c(OC)cc23)cc1OC.Cl. The van der Waals surface area contributed by atoms with Crippen molar-refractivity contribution in [2.45, 2.75) is 0 Å². The maximum atomic E-state index is 5.75. The molecule has 0 unspecified atom stereocenters. The molecule has 230 valence electrons. The molecule has 0 aliphatic rings. The Kier molecular flexibility index (Phi) is 9.01. The second-order valence-corrected chi connectivity index (χ2v) is 15.8. The van der Waals surface area contributed by atoms with Crippen molar-refractivity contribution in [2.24, 2.45) is 0 Å². The van der Waals surface area contributed by atoms with Crippen LogP contribution in [0.5, 0.6) is 23.0 Å². The van der Waals surface area contributed by atoms with Crippen molar-refractivity contribution in [1.82, 2.24) is 9.97 Å². The van der Waals surface area contributed by atoms with Gasteiger partial charge in [0, 0.05) is 0 Å². The van der Waals surface area contributed by atoms with Crippen LogP contribution in [0.4, 0.5) is 0 Å². The molecule has 0 aliphatic heterocycles. The summed E-state index contributed by atoms with van der Waals surface area (Å²) in [6, 6.07) is 41.7. The van der Waals surface area contributed by atoms with Gasteiger partial charge in [0.1, 0.15) is 0 Å². The molecule has 6 rings (SSSR count). The van der Waals surface area contributed by atoms with Gasteiger partial charge in [-0.3, -0.25) is 0 Å². The fraction of sp³-hybridized carbons (Fsp3) is 0.135. The van der Waals surface area contributed by atoms with Crippen molar-refractivity contribution in [3.05, 3.63) is 121 Å². The molecule has 5 aromatic carbocycles. The third-order valence-electron chi connectivity index (χ3n) is 8.55. The second-order valence-electron chi connectivity index (χ2n) is 10.7. The van der Waals surface area contributed by atoms with E-state index < -0.39 is 6.60 Å². The molecular formula is C37H36ClN2O4P. The van der Waals surface area contributed by atoms with Crippen molar-refractivity contribution < 1.29 is 18.9 Å². The topological polar surface area (TPSA) is 62.7 Å². The summed E-state index contributed by atoms with van der Waals surface area (Å²) in [6.07, 6.45) is 0. The Bertz CT molecular complexity index is 1840. The van der Waals surface area contributed by atoms with Gasteiger partial charge in [-0.2, -0.15) is 0 Å². The zero-order chi connectivity index (χ0) is 30.8. The Hall–Kier alpha value is -4.64. The Balaban J connectivity index is 0.00000400. The van der Waals surface area contributed by atoms with Crippen LogP contribution in [0, 0.1) is 0 Å². The van der Waals surface area contributed by atoms with E-state index >= 15 is 0 Å². The molecule has 6 aromatic rings. The third-order valence-corrected chi connectivity index (χ3v) is 14.5. The van der Waals surface area contributed by atoms with Crippen LogP contribution in [0.2, 0.25) is 0 Å². The van der Waals surface area contributed by atoms with Crippen LogP contribution in [-0.4, -0.2) is 45.1 Å². The number of ether oxygens (including phenoxy) is 4. The molecule has 0 saturated carbocycles. The van der Waals surface area contributed by atoms with Gasteiger partial charge in [-0.05, 0) is 0 Å². The summed E-state index contributed by atoms with van der Waals surface area (Å²) in [5.74, 6) is 2.45. The molecule has 0 radical (unpaired) electrons. The first-order valence-corrected chi connectivity index (χ1v) is 17.0. The van der Waals surface area contributed by atoms with Crippen LogP contribution in [0.1, 0.15) is 0 Å². The van der Waals surface area contributed by atoms with E-state index in [1.54, 1.807) is 28.4 Å². The number of hydrogen-bond acceptors (Lipinski definition) is 6. The van der Waals surface area contributed by atoms with E-state index in [4.69, 9.17) is 28.9 Å². The molecule has 0 spiro atoms. The smallest absolute Gasteiger partial charge is 0.147 e. The van der Waals surface area contributed by atoms with E-state index in [0.717, 1.165) is 43.6 Å². The first-order chi connectivity index (χ1) is 21.5.